The summed E-state index contributed by atoms with van der Waals surface area (Å²) in [4.78, 5) is 10.8. The van der Waals surface area contributed by atoms with Crippen molar-refractivity contribution in [3.05, 3.63) is 35.9 Å². The predicted octanol–water partition coefficient (Wildman–Crippen LogP) is 0.602. The first-order valence-corrected chi connectivity index (χ1v) is 4.15. The van der Waals surface area contributed by atoms with Gasteiger partial charge in [-0.1, -0.05) is 30.3 Å². The molecule has 0 aliphatic heterocycles. The van der Waals surface area contributed by atoms with Crippen molar-refractivity contribution in [2.45, 2.75) is 12.5 Å². The van der Waals surface area contributed by atoms with Crippen LogP contribution in [0, 0.1) is 0 Å². The fourth-order valence-electron chi connectivity index (χ4n) is 1.15. The molecule has 0 fully saturated rings. The number of rotatable bonds is 4. The minimum absolute atomic E-state index is 0.0307. The van der Waals surface area contributed by atoms with Crippen LogP contribution in [0.3, 0.4) is 0 Å². The van der Waals surface area contributed by atoms with Crippen LogP contribution in [0.15, 0.2) is 30.3 Å². The highest BCUT2D eigenvalue weighted by Crippen LogP contribution is 2.15. The maximum Gasteiger partial charge on any atom is 0.245 e. The van der Waals surface area contributed by atoms with Gasteiger partial charge in [-0.15, -0.1) is 0 Å². The van der Waals surface area contributed by atoms with Gasteiger partial charge in [0.05, 0.1) is 12.5 Å². The van der Waals surface area contributed by atoms with E-state index in [1.807, 2.05) is 11.5 Å². The van der Waals surface area contributed by atoms with E-state index < -0.39 is 11.9 Å². The maximum atomic E-state index is 10.8. The first kappa shape index (κ1) is 10.6. The molecule has 0 heterocycles. The van der Waals surface area contributed by atoms with Gasteiger partial charge in [0, 0.05) is 0 Å². The summed E-state index contributed by atoms with van der Waals surface area (Å²) in [6.07, 6.45) is -0.0307. The van der Waals surface area contributed by atoms with Crippen molar-refractivity contribution in [3.8, 4) is 0 Å². The smallest absolute Gasteiger partial charge is 0.245 e. The summed E-state index contributed by atoms with van der Waals surface area (Å²) in [5, 5.41) is 17.1. The Bertz CT molecular complexity index is 289. The Hall–Kier alpha value is -1.43. The molecule has 0 bridgehead atoms. The summed E-state index contributed by atoms with van der Waals surface area (Å²) in [6.45, 7) is 0. The second kappa shape index (κ2) is 5.33. The Morgan fingerprint density at radius 1 is 1.29 bits per heavy atom. The molecular formula is C9H12N2O3. The first-order valence-electron chi connectivity index (χ1n) is 4.15. The largest absolute Gasteiger partial charge is 0.316 e. The van der Waals surface area contributed by atoms with Gasteiger partial charge in [-0.25, -0.2) is 5.48 Å². The molecule has 4 N–H and O–H groups in total. The second-order valence-corrected chi connectivity index (χ2v) is 2.83. The molecule has 1 unspecified atom stereocenters. The highest BCUT2D eigenvalue weighted by atomic mass is 16.5. The van der Waals surface area contributed by atoms with Crippen LogP contribution in [-0.2, 0) is 4.79 Å². The lowest BCUT2D eigenvalue weighted by atomic mass is 10.0. The molecule has 0 aliphatic carbocycles. The third-order valence-electron chi connectivity index (χ3n) is 1.87. The Balaban J connectivity index is 2.68. The van der Waals surface area contributed by atoms with Crippen LogP contribution in [0.2, 0.25) is 0 Å². The lowest BCUT2D eigenvalue weighted by Gasteiger charge is -2.13. The summed E-state index contributed by atoms with van der Waals surface area (Å²) in [5.74, 6) is -0.555. The van der Waals surface area contributed by atoms with Crippen LogP contribution in [0.5, 0.6) is 0 Å². The molecule has 0 radical (unpaired) electrons. The van der Waals surface area contributed by atoms with Gasteiger partial charge in [0.2, 0.25) is 5.91 Å². The summed E-state index contributed by atoms with van der Waals surface area (Å²) in [7, 11) is 0. The molecule has 5 heteroatoms. The minimum atomic E-state index is -0.555. The zero-order chi connectivity index (χ0) is 10.4. The third-order valence-corrected chi connectivity index (χ3v) is 1.87. The van der Waals surface area contributed by atoms with Crippen LogP contribution in [0.1, 0.15) is 18.0 Å². The molecule has 1 aromatic rings. The van der Waals surface area contributed by atoms with Crippen LogP contribution < -0.4 is 11.0 Å². The van der Waals surface area contributed by atoms with Crippen LogP contribution >= 0.6 is 0 Å². The Kier molecular flexibility index (Phi) is 4.06. The molecule has 0 spiro atoms. The lowest BCUT2D eigenvalue weighted by molar-refractivity contribution is -0.130. The van der Waals surface area contributed by atoms with Crippen LogP contribution in [0.25, 0.3) is 0 Å². The third kappa shape index (κ3) is 2.81. The molecule has 0 saturated carbocycles. The van der Waals surface area contributed by atoms with Crippen molar-refractivity contribution in [1.82, 2.24) is 11.0 Å². The number of amides is 1. The van der Waals surface area contributed by atoms with E-state index in [2.05, 4.69) is 0 Å². The van der Waals surface area contributed by atoms with E-state index in [0.29, 0.717) is 0 Å². The number of carbonyl (C=O) groups excluding carboxylic acids is 1. The summed E-state index contributed by atoms with van der Waals surface area (Å²) < 4.78 is 0. The van der Waals surface area contributed by atoms with Crippen molar-refractivity contribution in [3.63, 3.8) is 0 Å². The van der Waals surface area contributed by atoms with E-state index in [9.17, 15) is 4.79 Å². The fraction of sp³-hybridized carbons (Fsp3) is 0.222. The highest BCUT2D eigenvalue weighted by Gasteiger charge is 2.13. The summed E-state index contributed by atoms with van der Waals surface area (Å²) in [5.41, 5.74) is 4.30. The van der Waals surface area contributed by atoms with Crippen molar-refractivity contribution in [2.24, 2.45) is 0 Å². The molecule has 1 atom stereocenters. The van der Waals surface area contributed by atoms with Gasteiger partial charge in [0.15, 0.2) is 0 Å². The van der Waals surface area contributed by atoms with Gasteiger partial charge in [-0.3, -0.25) is 10.0 Å². The van der Waals surface area contributed by atoms with Crippen molar-refractivity contribution in [2.75, 3.05) is 0 Å². The molecule has 1 aromatic carbocycles. The molecule has 1 amide bonds. The first-order chi connectivity index (χ1) is 6.77. The van der Waals surface area contributed by atoms with Gasteiger partial charge >= 0.3 is 0 Å². The van der Waals surface area contributed by atoms with Crippen molar-refractivity contribution < 1.29 is 15.2 Å². The molecule has 5 nitrogen and oxygen atoms in total. The summed E-state index contributed by atoms with van der Waals surface area (Å²) in [6, 6.07) is 8.48. The lowest BCUT2D eigenvalue weighted by Crippen LogP contribution is -2.26. The van der Waals surface area contributed by atoms with Gasteiger partial charge in [0.25, 0.3) is 0 Å². The van der Waals surface area contributed by atoms with E-state index in [1.54, 1.807) is 24.3 Å². The molecule has 0 aliphatic rings. The Morgan fingerprint density at radius 2 is 1.93 bits per heavy atom. The molecule has 0 aromatic heterocycles. The zero-order valence-corrected chi connectivity index (χ0v) is 7.47. The van der Waals surface area contributed by atoms with E-state index in [-0.39, 0.29) is 6.42 Å². The van der Waals surface area contributed by atoms with Gasteiger partial charge < -0.3 is 5.21 Å². The standard InChI is InChI=1S/C9H12N2O3/c12-9(11-14)6-8(10-13)7-4-2-1-3-5-7/h1-5,8,10,13-14H,6H2,(H,11,12). The SMILES string of the molecule is O=C(CC(NO)c1ccccc1)NO. The number of hydrogen-bond donors (Lipinski definition) is 4. The molecule has 1 rings (SSSR count). The minimum Gasteiger partial charge on any atom is -0.316 e. The highest BCUT2D eigenvalue weighted by molar-refractivity contribution is 5.75. The van der Waals surface area contributed by atoms with E-state index in [1.165, 1.54) is 5.48 Å². The quantitative estimate of drug-likeness (QED) is 0.420. The monoisotopic (exact) mass is 196 g/mol. The van der Waals surface area contributed by atoms with E-state index in [4.69, 9.17) is 10.4 Å². The average Bonchev–Trinajstić information content (AvgIpc) is 2.26. The van der Waals surface area contributed by atoms with Gasteiger partial charge in [-0.2, -0.15) is 5.48 Å². The van der Waals surface area contributed by atoms with Crippen molar-refractivity contribution >= 4 is 5.91 Å². The molecule has 0 saturated heterocycles. The fourth-order valence-corrected chi connectivity index (χ4v) is 1.15. The average molecular weight is 196 g/mol. The number of benzene rings is 1. The number of hydroxylamine groups is 2. The Morgan fingerprint density at radius 3 is 2.43 bits per heavy atom. The molecule has 76 valence electrons. The van der Waals surface area contributed by atoms with Crippen LogP contribution in [-0.4, -0.2) is 16.3 Å². The molecular weight excluding hydrogens is 184 g/mol. The van der Waals surface area contributed by atoms with E-state index in [0.717, 1.165) is 5.56 Å². The van der Waals surface area contributed by atoms with Crippen LogP contribution in [0.4, 0.5) is 0 Å². The zero-order valence-electron chi connectivity index (χ0n) is 7.47. The number of nitrogens with one attached hydrogen (secondary N) is 2. The Labute approximate surface area is 81.3 Å². The van der Waals surface area contributed by atoms with Crippen molar-refractivity contribution in [1.29, 1.82) is 0 Å². The normalized spacial score (nSPS) is 12.1. The van der Waals surface area contributed by atoms with Gasteiger partial charge in [-0.05, 0) is 5.56 Å². The maximum absolute atomic E-state index is 10.8. The topological polar surface area (TPSA) is 81.6 Å². The predicted molar refractivity (Wildman–Crippen MR) is 48.7 cm³/mol. The number of carbonyl (C=O) groups is 1. The molecule has 14 heavy (non-hydrogen) atoms. The van der Waals surface area contributed by atoms with E-state index >= 15 is 0 Å². The number of hydrogen-bond acceptors (Lipinski definition) is 4. The summed E-state index contributed by atoms with van der Waals surface area (Å²) >= 11 is 0. The van der Waals surface area contributed by atoms with Gasteiger partial charge in [0.1, 0.15) is 0 Å². The second-order valence-electron chi connectivity index (χ2n) is 2.83.